The van der Waals surface area contributed by atoms with Crippen molar-refractivity contribution in [2.24, 2.45) is 0 Å². The van der Waals surface area contributed by atoms with Crippen LogP contribution in [0.3, 0.4) is 0 Å². The van der Waals surface area contributed by atoms with Gasteiger partial charge in [-0.3, -0.25) is 4.79 Å². The fourth-order valence-electron chi connectivity index (χ4n) is 3.88. The van der Waals surface area contributed by atoms with E-state index in [1.54, 1.807) is 18.0 Å². The molecule has 5 aromatic rings. The average Bonchev–Trinajstić information content (AvgIpc) is 3.19. The number of carbonyl (C=O) groups is 1. The third kappa shape index (κ3) is 3.47. The van der Waals surface area contributed by atoms with Crippen LogP contribution in [0.25, 0.3) is 33.3 Å². The van der Waals surface area contributed by atoms with Gasteiger partial charge < -0.3 is 9.42 Å². The van der Waals surface area contributed by atoms with E-state index in [1.807, 2.05) is 68.4 Å². The van der Waals surface area contributed by atoms with Gasteiger partial charge in [0.1, 0.15) is 5.82 Å². The molecule has 32 heavy (non-hydrogen) atoms. The number of fused-ring (bicyclic) bond motifs is 2. The predicted molar refractivity (Wildman–Crippen MR) is 122 cm³/mol. The highest BCUT2D eigenvalue weighted by atomic mass is 16.5. The number of nitrogens with zero attached hydrogens (tertiary/aromatic N) is 5. The minimum atomic E-state index is -0.171. The Morgan fingerprint density at radius 1 is 0.938 bits per heavy atom. The van der Waals surface area contributed by atoms with Gasteiger partial charge in [0.25, 0.3) is 11.6 Å². The summed E-state index contributed by atoms with van der Waals surface area (Å²) < 4.78 is 5.41. The highest BCUT2D eigenvalue weighted by molar-refractivity contribution is 6.06. The van der Waals surface area contributed by atoms with Crippen LogP contribution in [0.4, 0.5) is 0 Å². The normalized spacial score (nSPS) is 11.2. The Labute approximate surface area is 184 Å². The zero-order valence-electron chi connectivity index (χ0n) is 18.0. The van der Waals surface area contributed by atoms with Crippen molar-refractivity contribution in [3.63, 3.8) is 0 Å². The van der Waals surface area contributed by atoms with Gasteiger partial charge in [0.2, 0.25) is 0 Å². The number of pyridine rings is 1. The van der Waals surface area contributed by atoms with E-state index < -0.39 is 0 Å². The molecule has 158 valence electrons. The Kier molecular flexibility index (Phi) is 4.86. The van der Waals surface area contributed by atoms with Gasteiger partial charge in [-0.15, -0.1) is 0 Å². The minimum Gasteiger partial charge on any atom is -0.335 e. The Hall–Kier alpha value is -4.13. The van der Waals surface area contributed by atoms with Crippen LogP contribution in [0, 0.1) is 13.8 Å². The number of hydrogen-bond acceptors (Lipinski definition) is 6. The maximum atomic E-state index is 13.5. The van der Waals surface area contributed by atoms with E-state index in [0.717, 1.165) is 22.2 Å². The molecule has 5 rings (SSSR count). The number of rotatable bonds is 4. The molecule has 0 unspecified atom stereocenters. The smallest absolute Gasteiger partial charge is 0.259 e. The fraction of sp³-hybridized carbons (Fsp3) is 0.160. The first-order valence-electron chi connectivity index (χ1n) is 10.3. The van der Waals surface area contributed by atoms with Gasteiger partial charge in [0.05, 0.1) is 34.4 Å². The molecule has 0 saturated heterocycles. The summed E-state index contributed by atoms with van der Waals surface area (Å²) in [4.78, 5) is 28.9. The van der Waals surface area contributed by atoms with Gasteiger partial charge in [-0.1, -0.05) is 53.7 Å². The molecule has 0 N–H and O–H groups in total. The summed E-state index contributed by atoms with van der Waals surface area (Å²) in [6.45, 7) is 4.04. The molecule has 0 spiro atoms. The summed E-state index contributed by atoms with van der Waals surface area (Å²) in [5, 5.41) is 5.66. The largest absolute Gasteiger partial charge is 0.335 e. The quantitative estimate of drug-likeness (QED) is 0.416. The summed E-state index contributed by atoms with van der Waals surface area (Å²) in [5.74, 6) is 0.419. The maximum Gasteiger partial charge on any atom is 0.259 e. The molecular weight excluding hydrogens is 402 g/mol. The molecule has 0 bridgehead atoms. The van der Waals surface area contributed by atoms with Crippen LogP contribution < -0.4 is 0 Å². The van der Waals surface area contributed by atoms with Crippen molar-refractivity contribution in [2.75, 3.05) is 7.05 Å². The molecule has 0 radical (unpaired) electrons. The van der Waals surface area contributed by atoms with Gasteiger partial charge in [-0.2, -0.15) is 0 Å². The molecule has 7 nitrogen and oxygen atoms in total. The topological polar surface area (TPSA) is 85.0 Å². The van der Waals surface area contributed by atoms with E-state index in [4.69, 9.17) is 4.52 Å². The Morgan fingerprint density at radius 2 is 1.69 bits per heavy atom. The third-order valence-corrected chi connectivity index (χ3v) is 5.48. The second-order valence-electron chi connectivity index (χ2n) is 7.77. The molecule has 0 aliphatic carbocycles. The molecule has 3 heterocycles. The SMILES string of the molecule is Cc1nc(CN(C)C(=O)c2cc(-c3ccccc3)nc3onc(C)c23)nc2ccccc12. The molecule has 0 aliphatic heterocycles. The molecular formula is C25H21N5O2. The number of amides is 1. The van der Waals surface area contributed by atoms with Crippen molar-refractivity contribution in [2.45, 2.75) is 20.4 Å². The lowest BCUT2D eigenvalue weighted by atomic mass is 10.0. The molecule has 0 atom stereocenters. The zero-order valence-corrected chi connectivity index (χ0v) is 18.0. The lowest BCUT2D eigenvalue weighted by Crippen LogP contribution is -2.27. The van der Waals surface area contributed by atoms with Crippen molar-refractivity contribution in [1.82, 2.24) is 25.0 Å². The lowest BCUT2D eigenvalue weighted by molar-refractivity contribution is 0.0783. The van der Waals surface area contributed by atoms with Crippen LogP contribution in [-0.2, 0) is 6.54 Å². The highest BCUT2D eigenvalue weighted by Crippen LogP contribution is 2.28. The summed E-state index contributed by atoms with van der Waals surface area (Å²) in [6, 6.07) is 19.3. The number of carbonyl (C=O) groups excluding carboxylic acids is 1. The fourth-order valence-corrected chi connectivity index (χ4v) is 3.88. The minimum absolute atomic E-state index is 0.171. The number of hydrogen-bond donors (Lipinski definition) is 0. The molecule has 2 aromatic carbocycles. The number of benzene rings is 2. The van der Waals surface area contributed by atoms with Crippen LogP contribution in [0.15, 0.2) is 65.2 Å². The summed E-state index contributed by atoms with van der Waals surface area (Å²) in [6.07, 6.45) is 0. The van der Waals surface area contributed by atoms with Crippen LogP contribution in [-0.4, -0.2) is 38.0 Å². The summed E-state index contributed by atoms with van der Waals surface area (Å²) in [7, 11) is 1.74. The standard InChI is InChI=1S/C25H21N5O2/c1-15-18-11-7-8-12-20(18)27-22(26-15)14-30(3)25(31)19-13-21(17-9-5-4-6-10-17)28-24-23(19)16(2)29-32-24/h4-13H,14H2,1-3H3. The first-order valence-corrected chi connectivity index (χ1v) is 10.3. The van der Waals surface area contributed by atoms with E-state index in [-0.39, 0.29) is 12.5 Å². The number of para-hydroxylation sites is 1. The third-order valence-electron chi connectivity index (χ3n) is 5.48. The first-order chi connectivity index (χ1) is 15.5. The van der Waals surface area contributed by atoms with E-state index in [1.165, 1.54) is 0 Å². The van der Waals surface area contributed by atoms with E-state index in [0.29, 0.717) is 33.9 Å². The molecule has 0 fully saturated rings. The number of aryl methyl sites for hydroxylation is 2. The lowest BCUT2D eigenvalue weighted by Gasteiger charge is -2.18. The summed E-state index contributed by atoms with van der Waals surface area (Å²) >= 11 is 0. The Bertz CT molecular complexity index is 1460. The number of aromatic nitrogens is 4. The monoisotopic (exact) mass is 423 g/mol. The van der Waals surface area contributed by atoms with Gasteiger partial charge in [-0.05, 0) is 26.0 Å². The Morgan fingerprint density at radius 3 is 2.50 bits per heavy atom. The zero-order chi connectivity index (χ0) is 22.2. The van der Waals surface area contributed by atoms with Crippen LogP contribution in [0.2, 0.25) is 0 Å². The van der Waals surface area contributed by atoms with E-state index in [9.17, 15) is 4.79 Å². The van der Waals surface area contributed by atoms with Crippen molar-refractivity contribution in [1.29, 1.82) is 0 Å². The van der Waals surface area contributed by atoms with Crippen molar-refractivity contribution < 1.29 is 9.32 Å². The molecule has 7 heteroatoms. The van der Waals surface area contributed by atoms with Gasteiger partial charge in [0, 0.05) is 23.7 Å². The molecule has 3 aromatic heterocycles. The van der Waals surface area contributed by atoms with E-state index >= 15 is 0 Å². The second kappa shape index (κ2) is 7.85. The van der Waals surface area contributed by atoms with Gasteiger partial charge >= 0.3 is 0 Å². The van der Waals surface area contributed by atoms with Gasteiger partial charge in [0.15, 0.2) is 0 Å². The first kappa shape index (κ1) is 19.8. The van der Waals surface area contributed by atoms with Crippen molar-refractivity contribution in [3.8, 4) is 11.3 Å². The van der Waals surface area contributed by atoms with Crippen molar-refractivity contribution in [3.05, 3.63) is 83.4 Å². The maximum absolute atomic E-state index is 13.5. The molecule has 1 amide bonds. The van der Waals surface area contributed by atoms with Crippen LogP contribution in [0.5, 0.6) is 0 Å². The summed E-state index contributed by atoms with van der Waals surface area (Å²) in [5.41, 5.74) is 4.77. The predicted octanol–water partition coefficient (Wildman–Crippen LogP) is 4.72. The van der Waals surface area contributed by atoms with Crippen LogP contribution in [0.1, 0.15) is 27.6 Å². The molecule has 0 aliphatic rings. The van der Waals surface area contributed by atoms with Crippen molar-refractivity contribution >= 4 is 27.9 Å². The highest BCUT2D eigenvalue weighted by Gasteiger charge is 2.22. The van der Waals surface area contributed by atoms with E-state index in [2.05, 4.69) is 20.1 Å². The second-order valence-corrected chi connectivity index (χ2v) is 7.77. The Balaban J connectivity index is 1.53. The van der Waals surface area contributed by atoms with Crippen LogP contribution >= 0.6 is 0 Å². The van der Waals surface area contributed by atoms with Gasteiger partial charge in [-0.25, -0.2) is 15.0 Å². The average molecular weight is 423 g/mol. The molecule has 0 saturated carbocycles.